The van der Waals surface area contributed by atoms with Crippen molar-refractivity contribution in [1.82, 2.24) is 14.7 Å². The van der Waals surface area contributed by atoms with Crippen LogP contribution in [0.2, 0.25) is 0 Å². The second kappa shape index (κ2) is 10.6. The van der Waals surface area contributed by atoms with Crippen molar-refractivity contribution in [2.24, 2.45) is 5.92 Å². The fourth-order valence-corrected chi connectivity index (χ4v) is 4.19. The van der Waals surface area contributed by atoms with Crippen LogP contribution in [0.3, 0.4) is 0 Å². The topological polar surface area (TPSA) is 110 Å². The number of sulfonamides is 1. The summed E-state index contributed by atoms with van der Waals surface area (Å²) in [5.41, 5.74) is 0.839. The number of aryl methyl sites for hydroxylation is 1. The van der Waals surface area contributed by atoms with E-state index in [4.69, 9.17) is 4.74 Å². The lowest BCUT2D eigenvalue weighted by Gasteiger charge is -2.23. The van der Waals surface area contributed by atoms with Gasteiger partial charge in [0.2, 0.25) is 0 Å². The van der Waals surface area contributed by atoms with E-state index in [1.165, 1.54) is 30.3 Å². The Balaban J connectivity index is 1.99. The molecule has 1 amide bonds. The molecule has 0 fully saturated rings. The van der Waals surface area contributed by atoms with Crippen LogP contribution in [0.25, 0.3) is 11.3 Å². The van der Waals surface area contributed by atoms with Crippen LogP contribution in [0.4, 0.5) is 10.2 Å². The fraction of sp³-hybridized carbons (Fsp3) is 0.346. The first kappa shape index (κ1) is 27.1. The van der Waals surface area contributed by atoms with Gasteiger partial charge in [-0.2, -0.15) is 8.42 Å². The average Bonchev–Trinajstić information content (AvgIpc) is 2.76. The molecule has 0 bridgehead atoms. The number of halogens is 1. The van der Waals surface area contributed by atoms with Gasteiger partial charge in [0.15, 0.2) is 5.03 Å². The van der Waals surface area contributed by atoms with Gasteiger partial charge in [-0.25, -0.2) is 19.1 Å². The maximum absolute atomic E-state index is 14.3. The standard InChI is InChI=1S/C26H31FN4O4S/c1-16(2)15-35-20-13-18(12-19(27)14-20)22-11-10-21(24(29-22)30-26(4,5)6)25(32)31-36(33,34)23-9-7-8-17(3)28-23/h7-14,16H,15H2,1-6H3,(H,29,30)(H,31,32). The van der Waals surface area contributed by atoms with Gasteiger partial charge in [0.25, 0.3) is 15.9 Å². The van der Waals surface area contributed by atoms with Crippen molar-refractivity contribution < 1.29 is 22.3 Å². The Kier molecular flexibility index (Phi) is 7.98. The molecule has 10 heteroatoms. The Hall–Kier alpha value is -3.53. The molecule has 0 aliphatic rings. The number of ether oxygens (including phenoxy) is 1. The minimum atomic E-state index is -4.21. The lowest BCUT2D eigenvalue weighted by molar-refractivity contribution is 0.0981. The molecule has 3 aromatic rings. The normalized spacial score (nSPS) is 11.9. The van der Waals surface area contributed by atoms with E-state index in [0.29, 0.717) is 29.3 Å². The maximum Gasteiger partial charge on any atom is 0.281 e. The van der Waals surface area contributed by atoms with Crippen LogP contribution in [0.15, 0.2) is 53.6 Å². The Morgan fingerprint density at radius 1 is 1.08 bits per heavy atom. The van der Waals surface area contributed by atoms with E-state index in [0.717, 1.165) is 0 Å². The summed E-state index contributed by atoms with van der Waals surface area (Å²) in [6.45, 7) is 11.7. The molecule has 2 heterocycles. The molecule has 36 heavy (non-hydrogen) atoms. The van der Waals surface area contributed by atoms with Crippen LogP contribution < -0.4 is 14.8 Å². The predicted molar refractivity (Wildman–Crippen MR) is 137 cm³/mol. The first-order valence-electron chi connectivity index (χ1n) is 11.5. The number of benzene rings is 1. The molecule has 2 aromatic heterocycles. The number of hydrogen-bond acceptors (Lipinski definition) is 7. The van der Waals surface area contributed by atoms with Gasteiger partial charge in [-0.3, -0.25) is 4.79 Å². The Morgan fingerprint density at radius 3 is 2.44 bits per heavy atom. The zero-order valence-corrected chi connectivity index (χ0v) is 22.0. The Morgan fingerprint density at radius 2 is 1.81 bits per heavy atom. The van der Waals surface area contributed by atoms with Crippen molar-refractivity contribution in [3.63, 3.8) is 0 Å². The molecule has 0 spiro atoms. The number of anilines is 1. The summed E-state index contributed by atoms with van der Waals surface area (Å²) in [6.07, 6.45) is 0. The summed E-state index contributed by atoms with van der Waals surface area (Å²) in [7, 11) is -4.21. The molecule has 0 aliphatic carbocycles. The molecule has 192 valence electrons. The van der Waals surface area contributed by atoms with Crippen LogP contribution >= 0.6 is 0 Å². The van der Waals surface area contributed by atoms with E-state index in [9.17, 15) is 17.6 Å². The van der Waals surface area contributed by atoms with Gasteiger partial charge in [-0.15, -0.1) is 0 Å². The first-order valence-corrected chi connectivity index (χ1v) is 13.0. The highest BCUT2D eigenvalue weighted by Gasteiger charge is 2.25. The van der Waals surface area contributed by atoms with E-state index in [1.54, 1.807) is 25.1 Å². The first-order chi connectivity index (χ1) is 16.7. The second-order valence-electron chi connectivity index (χ2n) is 9.90. The van der Waals surface area contributed by atoms with Crippen LogP contribution in [-0.2, 0) is 10.0 Å². The number of carbonyl (C=O) groups is 1. The number of aromatic nitrogens is 2. The fourth-order valence-electron chi connectivity index (χ4n) is 3.21. The monoisotopic (exact) mass is 514 g/mol. The van der Waals surface area contributed by atoms with Gasteiger partial charge in [0.05, 0.1) is 17.9 Å². The van der Waals surface area contributed by atoms with E-state index in [1.807, 2.05) is 34.6 Å². The van der Waals surface area contributed by atoms with Crippen molar-refractivity contribution in [2.45, 2.75) is 52.1 Å². The zero-order valence-electron chi connectivity index (χ0n) is 21.2. The smallest absolute Gasteiger partial charge is 0.281 e. The van der Waals surface area contributed by atoms with Crippen LogP contribution in [0.5, 0.6) is 5.75 Å². The van der Waals surface area contributed by atoms with Crippen molar-refractivity contribution in [3.05, 3.63) is 65.6 Å². The minimum Gasteiger partial charge on any atom is -0.493 e. The number of rotatable bonds is 8. The Labute approximate surface area is 211 Å². The third-order valence-electron chi connectivity index (χ3n) is 4.75. The molecule has 0 saturated heterocycles. The maximum atomic E-state index is 14.3. The van der Waals surface area contributed by atoms with E-state index in [2.05, 4.69) is 20.0 Å². The third kappa shape index (κ3) is 7.24. The molecule has 0 saturated carbocycles. The summed E-state index contributed by atoms with van der Waals surface area (Å²) >= 11 is 0. The van der Waals surface area contributed by atoms with E-state index < -0.39 is 27.3 Å². The lowest BCUT2D eigenvalue weighted by Crippen LogP contribution is -2.34. The summed E-state index contributed by atoms with van der Waals surface area (Å²) in [4.78, 5) is 21.6. The SMILES string of the molecule is Cc1cccc(S(=O)(=O)NC(=O)c2ccc(-c3cc(F)cc(OCC(C)C)c3)nc2NC(C)(C)C)n1. The van der Waals surface area contributed by atoms with Crippen molar-refractivity contribution >= 4 is 21.7 Å². The van der Waals surface area contributed by atoms with Crippen LogP contribution in [-0.4, -0.2) is 36.4 Å². The van der Waals surface area contributed by atoms with E-state index >= 15 is 0 Å². The quantitative estimate of drug-likeness (QED) is 0.437. The third-order valence-corrected chi connectivity index (χ3v) is 5.98. The highest BCUT2D eigenvalue weighted by molar-refractivity contribution is 7.90. The second-order valence-corrected chi connectivity index (χ2v) is 11.5. The summed E-state index contributed by atoms with van der Waals surface area (Å²) in [5.74, 6) is -0.578. The molecule has 0 atom stereocenters. The van der Waals surface area contributed by atoms with Crippen LogP contribution in [0.1, 0.15) is 50.7 Å². The molecule has 0 aliphatic heterocycles. The van der Waals surface area contributed by atoms with Gasteiger partial charge < -0.3 is 10.1 Å². The van der Waals surface area contributed by atoms with E-state index in [-0.39, 0.29) is 22.3 Å². The zero-order chi connectivity index (χ0) is 26.7. The number of carbonyl (C=O) groups excluding carboxylic acids is 1. The number of amides is 1. The predicted octanol–water partition coefficient (Wildman–Crippen LogP) is 4.96. The highest BCUT2D eigenvalue weighted by Crippen LogP contribution is 2.28. The molecule has 0 radical (unpaired) electrons. The molecule has 3 rings (SSSR count). The largest absolute Gasteiger partial charge is 0.493 e. The van der Waals surface area contributed by atoms with Gasteiger partial charge in [0.1, 0.15) is 17.4 Å². The minimum absolute atomic E-state index is 0.0117. The summed E-state index contributed by atoms with van der Waals surface area (Å²) in [5, 5.41) is 2.87. The van der Waals surface area contributed by atoms with Gasteiger partial charge >= 0.3 is 0 Å². The number of nitrogens with one attached hydrogen (secondary N) is 2. The number of pyridine rings is 2. The highest BCUT2D eigenvalue weighted by atomic mass is 32.2. The summed E-state index contributed by atoms with van der Waals surface area (Å²) in [6, 6.07) is 11.8. The van der Waals surface area contributed by atoms with Gasteiger partial charge in [0, 0.05) is 22.9 Å². The average molecular weight is 515 g/mol. The molecule has 2 N–H and O–H groups in total. The molecular weight excluding hydrogens is 483 g/mol. The molecule has 1 aromatic carbocycles. The number of hydrogen-bond donors (Lipinski definition) is 2. The Bertz CT molecular complexity index is 1370. The number of nitrogens with zero attached hydrogens (tertiary/aromatic N) is 2. The van der Waals surface area contributed by atoms with Gasteiger partial charge in [-0.1, -0.05) is 19.9 Å². The van der Waals surface area contributed by atoms with Crippen molar-refractivity contribution in [2.75, 3.05) is 11.9 Å². The molecule has 0 unspecified atom stereocenters. The lowest BCUT2D eigenvalue weighted by atomic mass is 10.1. The van der Waals surface area contributed by atoms with Crippen molar-refractivity contribution in [3.8, 4) is 17.0 Å². The van der Waals surface area contributed by atoms with Crippen LogP contribution in [0, 0.1) is 18.7 Å². The molecular formula is C26H31FN4O4S. The summed E-state index contributed by atoms with van der Waals surface area (Å²) < 4.78 is 47.6. The van der Waals surface area contributed by atoms with Crippen molar-refractivity contribution in [1.29, 1.82) is 0 Å². The van der Waals surface area contributed by atoms with Gasteiger partial charge in [-0.05, 0) is 70.0 Å². The molecule has 8 nitrogen and oxygen atoms in total.